The fraction of sp³-hybridized carbons (Fsp3) is 0.583. The van der Waals surface area contributed by atoms with E-state index in [1.807, 2.05) is 6.92 Å². The van der Waals surface area contributed by atoms with Crippen molar-refractivity contribution in [3.05, 3.63) is 23.5 Å². The van der Waals surface area contributed by atoms with Crippen molar-refractivity contribution in [2.75, 3.05) is 19.7 Å². The first-order chi connectivity index (χ1) is 7.67. The average molecular weight is 224 g/mol. The Bertz CT molecular complexity index is 323. The van der Waals surface area contributed by atoms with Crippen LogP contribution in [0.3, 0.4) is 0 Å². The highest BCUT2D eigenvalue weighted by molar-refractivity contribution is 5.27. The molecule has 0 spiro atoms. The lowest BCUT2D eigenvalue weighted by Gasteiger charge is -2.20. The Morgan fingerprint density at radius 1 is 1.31 bits per heavy atom. The number of rotatable bonds is 6. The number of hydrogen-bond acceptors (Lipinski definition) is 4. The third-order valence-electron chi connectivity index (χ3n) is 2.42. The Hall–Kier alpha value is -1.13. The zero-order valence-corrected chi connectivity index (χ0v) is 9.98. The Morgan fingerprint density at radius 2 is 2.06 bits per heavy atom. The van der Waals surface area contributed by atoms with Gasteiger partial charge in [0.05, 0.1) is 12.3 Å². The van der Waals surface area contributed by atoms with Gasteiger partial charge in [0, 0.05) is 18.8 Å². The van der Waals surface area contributed by atoms with Crippen molar-refractivity contribution >= 4 is 0 Å². The molecule has 1 heterocycles. The molecule has 0 amide bonds. The molecule has 0 bridgehead atoms. The topological polar surface area (TPSA) is 56.6 Å². The molecule has 90 valence electrons. The summed E-state index contributed by atoms with van der Waals surface area (Å²) in [4.78, 5) is 6.39. The van der Waals surface area contributed by atoms with Gasteiger partial charge in [0.2, 0.25) is 0 Å². The van der Waals surface area contributed by atoms with E-state index in [4.69, 9.17) is 5.11 Å². The van der Waals surface area contributed by atoms with Crippen LogP contribution in [0.1, 0.15) is 24.7 Å². The number of aliphatic hydroxyl groups excluding tert-OH is 1. The molecular weight excluding hydrogens is 204 g/mol. The van der Waals surface area contributed by atoms with E-state index in [2.05, 4.69) is 16.8 Å². The molecular formula is C12H20N2O2. The van der Waals surface area contributed by atoms with Gasteiger partial charge in [-0.2, -0.15) is 0 Å². The fourth-order valence-electron chi connectivity index (χ4n) is 1.66. The van der Waals surface area contributed by atoms with Crippen LogP contribution < -0.4 is 0 Å². The molecule has 0 aliphatic heterocycles. The third kappa shape index (κ3) is 3.79. The van der Waals surface area contributed by atoms with E-state index in [1.165, 1.54) is 0 Å². The summed E-state index contributed by atoms with van der Waals surface area (Å²) in [5.41, 5.74) is 1.58. The van der Waals surface area contributed by atoms with Crippen LogP contribution in [-0.2, 0) is 6.54 Å². The van der Waals surface area contributed by atoms with E-state index in [0.29, 0.717) is 18.8 Å². The summed E-state index contributed by atoms with van der Waals surface area (Å²) >= 11 is 0. The highest BCUT2D eigenvalue weighted by Crippen LogP contribution is 2.16. The van der Waals surface area contributed by atoms with Gasteiger partial charge in [-0.3, -0.25) is 9.88 Å². The smallest absolute Gasteiger partial charge is 0.138 e. The van der Waals surface area contributed by atoms with Gasteiger partial charge in [-0.05, 0) is 32.0 Å². The lowest BCUT2D eigenvalue weighted by molar-refractivity contribution is 0.187. The molecule has 0 fully saturated rings. The molecule has 16 heavy (non-hydrogen) atoms. The minimum atomic E-state index is 0.132. The van der Waals surface area contributed by atoms with E-state index >= 15 is 0 Å². The van der Waals surface area contributed by atoms with Crippen LogP contribution in [0.15, 0.2) is 12.1 Å². The summed E-state index contributed by atoms with van der Waals surface area (Å²) in [7, 11) is 0. The van der Waals surface area contributed by atoms with Gasteiger partial charge in [-0.1, -0.05) is 6.92 Å². The van der Waals surface area contributed by atoms with Gasteiger partial charge in [-0.15, -0.1) is 0 Å². The Kier molecular flexibility index (Phi) is 5.22. The summed E-state index contributed by atoms with van der Waals surface area (Å²) in [6, 6.07) is 3.45. The molecule has 1 aromatic heterocycles. The fourth-order valence-corrected chi connectivity index (χ4v) is 1.66. The lowest BCUT2D eigenvalue weighted by atomic mass is 10.2. The minimum Gasteiger partial charge on any atom is -0.506 e. The first kappa shape index (κ1) is 12.9. The maximum atomic E-state index is 9.67. The molecule has 0 saturated carbocycles. The highest BCUT2D eigenvalue weighted by Gasteiger charge is 2.09. The number of aromatic nitrogens is 1. The predicted molar refractivity (Wildman–Crippen MR) is 63.3 cm³/mol. The van der Waals surface area contributed by atoms with Crippen molar-refractivity contribution in [2.45, 2.75) is 26.8 Å². The van der Waals surface area contributed by atoms with Crippen molar-refractivity contribution in [3.63, 3.8) is 0 Å². The van der Waals surface area contributed by atoms with Gasteiger partial charge in [-0.25, -0.2) is 0 Å². The SMILES string of the molecule is CCCN(CCO)Cc1nc(C)ccc1O. The van der Waals surface area contributed by atoms with Crippen LogP contribution >= 0.6 is 0 Å². The van der Waals surface area contributed by atoms with Crippen molar-refractivity contribution < 1.29 is 10.2 Å². The average Bonchev–Trinajstić information content (AvgIpc) is 2.24. The molecule has 2 N–H and O–H groups in total. The van der Waals surface area contributed by atoms with Crippen molar-refractivity contribution in [1.82, 2.24) is 9.88 Å². The lowest BCUT2D eigenvalue weighted by Crippen LogP contribution is -2.27. The second kappa shape index (κ2) is 6.45. The summed E-state index contributed by atoms with van der Waals surface area (Å²) in [5, 5.41) is 18.6. The zero-order chi connectivity index (χ0) is 12.0. The van der Waals surface area contributed by atoms with Crippen LogP contribution in [0, 0.1) is 6.92 Å². The van der Waals surface area contributed by atoms with Gasteiger partial charge in [0.25, 0.3) is 0 Å². The van der Waals surface area contributed by atoms with Crippen LogP contribution in [-0.4, -0.2) is 39.8 Å². The Labute approximate surface area is 96.6 Å². The first-order valence-corrected chi connectivity index (χ1v) is 5.66. The maximum Gasteiger partial charge on any atom is 0.138 e. The molecule has 0 aromatic carbocycles. The molecule has 0 radical (unpaired) electrons. The van der Waals surface area contributed by atoms with Crippen LogP contribution in [0.5, 0.6) is 5.75 Å². The Balaban J connectivity index is 2.71. The van der Waals surface area contributed by atoms with Gasteiger partial charge in [0.15, 0.2) is 0 Å². The minimum absolute atomic E-state index is 0.132. The summed E-state index contributed by atoms with van der Waals surface area (Å²) in [5.74, 6) is 0.227. The zero-order valence-electron chi connectivity index (χ0n) is 9.98. The predicted octanol–water partition coefficient (Wildman–Crippen LogP) is 1.30. The van der Waals surface area contributed by atoms with Crippen LogP contribution in [0.2, 0.25) is 0 Å². The molecule has 0 aliphatic carbocycles. The molecule has 0 aliphatic rings. The largest absolute Gasteiger partial charge is 0.506 e. The van der Waals surface area contributed by atoms with E-state index in [9.17, 15) is 5.11 Å². The molecule has 0 atom stereocenters. The van der Waals surface area contributed by atoms with E-state index in [1.54, 1.807) is 12.1 Å². The quantitative estimate of drug-likeness (QED) is 0.764. The Morgan fingerprint density at radius 3 is 2.69 bits per heavy atom. The van der Waals surface area contributed by atoms with Crippen molar-refractivity contribution in [1.29, 1.82) is 0 Å². The number of aliphatic hydroxyl groups is 1. The van der Waals surface area contributed by atoms with E-state index in [0.717, 1.165) is 18.7 Å². The molecule has 4 heteroatoms. The van der Waals surface area contributed by atoms with Crippen LogP contribution in [0.4, 0.5) is 0 Å². The summed E-state index contributed by atoms with van der Waals surface area (Å²) in [6.07, 6.45) is 1.02. The number of hydrogen-bond donors (Lipinski definition) is 2. The third-order valence-corrected chi connectivity index (χ3v) is 2.42. The maximum absolute atomic E-state index is 9.67. The number of pyridine rings is 1. The second-order valence-electron chi connectivity index (χ2n) is 3.92. The van der Waals surface area contributed by atoms with Crippen molar-refractivity contribution in [2.24, 2.45) is 0 Å². The monoisotopic (exact) mass is 224 g/mol. The van der Waals surface area contributed by atoms with E-state index < -0.39 is 0 Å². The second-order valence-corrected chi connectivity index (χ2v) is 3.92. The number of nitrogens with zero attached hydrogens (tertiary/aromatic N) is 2. The summed E-state index contributed by atoms with van der Waals surface area (Å²) in [6.45, 7) is 6.22. The van der Waals surface area contributed by atoms with Gasteiger partial charge in [0.1, 0.15) is 5.75 Å². The molecule has 0 unspecified atom stereocenters. The number of aromatic hydroxyl groups is 1. The standard InChI is InChI=1S/C12H20N2O2/c1-3-6-14(7-8-15)9-11-12(16)5-4-10(2)13-11/h4-5,15-16H,3,6-9H2,1-2H3. The van der Waals surface area contributed by atoms with Crippen LogP contribution in [0.25, 0.3) is 0 Å². The van der Waals surface area contributed by atoms with Gasteiger partial charge < -0.3 is 10.2 Å². The number of aryl methyl sites for hydroxylation is 1. The first-order valence-electron chi connectivity index (χ1n) is 5.66. The molecule has 1 rings (SSSR count). The highest BCUT2D eigenvalue weighted by atomic mass is 16.3. The molecule has 4 nitrogen and oxygen atoms in total. The normalized spacial score (nSPS) is 11.0. The molecule has 0 saturated heterocycles. The molecule has 1 aromatic rings. The van der Waals surface area contributed by atoms with Gasteiger partial charge >= 0.3 is 0 Å². The summed E-state index contributed by atoms with van der Waals surface area (Å²) < 4.78 is 0. The van der Waals surface area contributed by atoms with Crippen molar-refractivity contribution in [3.8, 4) is 5.75 Å². The van der Waals surface area contributed by atoms with E-state index in [-0.39, 0.29) is 12.4 Å².